The van der Waals surface area contributed by atoms with E-state index in [1.54, 1.807) is 13.1 Å². The van der Waals surface area contributed by atoms with Crippen LogP contribution in [0.5, 0.6) is 5.75 Å². The van der Waals surface area contributed by atoms with E-state index in [-0.39, 0.29) is 24.1 Å². The van der Waals surface area contributed by atoms with E-state index in [0.29, 0.717) is 18.7 Å². The Morgan fingerprint density at radius 3 is 2.75 bits per heavy atom. The molecule has 20 heavy (non-hydrogen) atoms. The molecule has 2 N–H and O–H groups in total. The van der Waals surface area contributed by atoms with Crippen molar-refractivity contribution in [3.05, 3.63) is 24.0 Å². The van der Waals surface area contributed by atoms with Crippen molar-refractivity contribution in [3.63, 3.8) is 0 Å². The third-order valence-corrected chi connectivity index (χ3v) is 3.26. The van der Waals surface area contributed by atoms with Gasteiger partial charge in [0.2, 0.25) is 5.91 Å². The standard InChI is InChI=1S/C13H17FN2O3.ClH/c1-16(13(18)11-6-9(17)7-15-11)8-3-4-12(19-2)10(14)5-8;/h3-5,9,11,15,17H,6-7H2,1-2H3;1H. The van der Waals surface area contributed by atoms with Crippen molar-refractivity contribution in [2.75, 3.05) is 25.6 Å². The molecule has 0 aromatic heterocycles. The van der Waals surface area contributed by atoms with Gasteiger partial charge in [0.1, 0.15) is 0 Å². The fourth-order valence-corrected chi connectivity index (χ4v) is 2.13. The van der Waals surface area contributed by atoms with Crippen LogP contribution in [0, 0.1) is 5.82 Å². The number of rotatable bonds is 3. The van der Waals surface area contributed by atoms with Crippen molar-refractivity contribution in [2.24, 2.45) is 0 Å². The summed E-state index contributed by atoms with van der Waals surface area (Å²) in [6, 6.07) is 3.92. The third-order valence-electron chi connectivity index (χ3n) is 3.26. The van der Waals surface area contributed by atoms with Gasteiger partial charge in [0, 0.05) is 25.3 Å². The molecule has 2 unspecified atom stereocenters. The number of amides is 1. The molecule has 112 valence electrons. The van der Waals surface area contributed by atoms with Crippen LogP contribution >= 0.6 is 12.4 Å². The molecular formula is C13H18ClFN2O3. The third kappa shape index (κ3) is 3.39. The average molecular weight is 305 g/mol. The molecule has 0 radical (unpaired) electrons. The molecule has 1 aliphatic heterocycles. The first-order chi connectivity index (χ1) is 9.02. The van der Waals surface area contributed by atoms with E-state index in [0.717, 1.165) is 0 Å². The van der Waals surface area contributed by atoms with Crippen molar-refractivity contribution >= 4 is 24.0 Å². The molecule has 2 atom stereocenters. The summed E-state index contributed by atoms with van der Waals surface area (Å²) in [7, 11) is 2.97. The molecule has 1 fully saturated rings. The molecule has 0 aliphatic carbocycles. The van der Waals surface area contributed by atoms with Crippen LogP contribution in [0.4, 0.5) is 10.1 Å². The number of benzene rings is 1. The second-order valence-corrected chi connectivity index (χ2v) is 4.57. The number of ether oxygens (including phenoxy) is 1. The molecule has 1 saturated heterocycles. The van der Waals surface area contributed by atoms with Crippen LogP contribution in [0.25, 0.3) is 0 Å². The van der Waals surface area contributed by atoms with Gasteiger partial charge in [-0.15, -0.1) is 12.4 Å². The van der Waals surface area contributed by atoms with E-state index in [2.05, 4.69) is 5.32 Å². The van der Waals surface area contributed by atoms with Gasteiger partial charge in [0.05, 0.1) is 19.3 Å². The Balaban J connectivity index is 0.00000200. The summed E-state index contributed by atoms with van der Waals surface area (Å²) in [5.74, 6) is -0.570. The number of carbonyl (C=O) groups excluding carboxylic acids is 1. The quantitative estimate of drug-likeness (QED) is 0.872. The highest BCUT2D eigenvalue weighted by atomic mass is 35.5. The van der Waals surface area contributed by atoms with Gasteiger partial charge in [-0.25, -0.2) is 4.39 Å². The van der Waals surface area contributed by atoms with Gasteiger partial charge >= 0.3 is 0 Å². The zero-order valence-electron chi connectivity index (χ0n) is 11.3. The Kier molecular flexibility index (Phi) is 5.74. The molecule has 0 spiro atoms. The van der Waals surface area contributed by atoms with E-state index in [9.17, 15) is 14.3 Å². The molecule has 1 aliphatic rings. The summed E-state index contributed by atoms with van der Waals surface area (Å²) >= 11 is 0. The summed E-state index contributed by atoms with van der Waals surface area (Å²) in [4.78, 5) is 13.5. The fraction of sp³-hybridized carbons (Fsp3) is 0.462. The molecule has 1 heterocycles. The number of anilines is 1. The smallest absolute Gasteiger partial charge is 0.243 e. The van der Waals surface area contributed by atoms with Crippen molar-refractivity contribution in [1.82, 2.24) is 5.32 Å². The maximum Gasteiger partial charge on any atom is 0.243 e. The van der Waals surface area contributed by atoms with E-state index in [4.69, 9.17) is 4.74 Å². The van der Waals surface area contributed by atoms with Crippen molar-refractivity contribution in [3.8, 4) is 5.75 Å². The summed E-state index contributed by atoms with van der Waals surface area (Å²) in [5.41, 5.74) is 0.450. The van der Waals surface area contributed by atoms with Gasteiger partial charge in [0.25, 0.3) is 0 Å². The average Bonchev–Trinajstić information content (AvgIpc) is 2.83. The van der Waals surface area contributed by atoms with E-state index in [1.165, 1.54) is 24.1 Å². The van der Waals surface area contributed by atoms with Crippen LogP contribution in [0.15, 0.2) is 18.2 Å². The Morgan fingerprint density at radius 2 is 2.25 bits per heavy atom. The first-order valence-electron chi connectivity index (χ1n) is 6.05. The SMILES string of the molecule is COc1ccc(N(C)C(=O)C2CC(O)CN2)cc1F.Cl. The molecule has 1 amide bonds. The summed E-state index contributed by atoms with van der Waals surface area (Å²) < 4.78 is 18.4. The lowest BCUT2D eigenvalue weighted by Crippen LogP contribution is -2.41. The molecule has 1 aromatic carbocycles. The molecule has 0 saturated carbocycles. The van der Waals surface area contributed by atoms with Gasteiger partial charge in [-0.3, -0.25) is 4.79 Å². The van der Waals surface area contributed by atoms with Crippen LogP contribution in [-0.2, 0) is 4.79 Å². The number of aliphatic hydroxyl groups is 1. The van der Waals surface area contributed by atoms with Gasteiger partial charge in [-0.1, -0.05) is 0 Å². The molecule has 5 nitrogen and oxygen atoms in total. The largest absolute Gasteiger partial charge is 0.494 e. The van der Waals surface area contributed by atoms with Crippen molar-refractivity contribution < 1.29 is 19.0 Å². The zero-order valence-corrected chi connectivity index (χ0v) is 12.1. The molecule has 0 bridgehead atoms. The lowest BCUT2D eigenvalue weighted by atomic mass is 10.1. The minimum Gasteiger partial charge on any atom is -0.494 e. The number of hydrogen-bond acceptors (Lipinski definition) is 4. The number of nitrogens with one attached hydrogen (secondary N) is 1. The van der Waals surface area contributed by atoms with Gasteiger partial charge < -0.3 is 20.1 Å². The Labute approximate surface area is 123 Å². The van der Waals surface area contributed by atoms with Crippen molar-refractivity contribution in [1.29, 1.82) is 0 Å². The predicted octanol–water partition coefficient (Wildman–Crippen LogP) is 0.942. The number of aliphatic hydroxyl groups excluding tert-OH is 1. The number of hydrogen-bond donors (Lipinski definition) is 2. The van der Waals surface area contributed by atoms with Crippen molar-refractivity contribution in [2.45, 2.75) is 18.6 Å². The number of nitrogens with zero attached hydrogens (tertiary/aromatic N) is 1. The summed E-state index contributed by atoms with van der Waals surface area (Å²) in [5, 5.41) is 12.3. The van der Waals surface area contributed by atoms with Crippen LogP contribution in [0.2, 0.25) is 0 Å². The van der Waals surface area contributed by atoms with E-state index >= 15 is 0 Å². The minimum atomic E-state index is -0.515. The lowest BCUT2D eigenvalue weighted by Gasteiger charge is -2.21. The summed E-state index contributed by atoms with van der Waals surface area (Å²) in [6.45, 7) is 0.404. The maximum atomic E-state index is 13.6. The highest BCUT2D eigenvalue weighted by molar-refractivity contribution is 5.97. The highest BCUT2D eigenvalue weighted by Gasteiger charge is 2.30. The van der Waals surface area contributed by atoms with E-state index in [1.807, 2.05) is 0 Å². The number of methoxy groups -OCH3 is 1. The molecule has 2 rings (SSSR count). The topological polar surface area (TPSA) is 61.8 Å². The van der Waals surface area contributed by atoms with Crippen LogP contribution in [0.1, 0.15) is 6.42 Å². The molecular weight excluding hydrogens is 287 g/mol. The van der Waals surface area contributed by atoms with Gasteiger partial charge in [0.15, 0.2) is 11.6 Å². The van der Waals surface area contributed by atoms with Crippen LogP contribution in [0.3, 0.4) is 0 Å². The Morgan fingerprint density at radius 1 is 1.55 bits per heavy atom. The monoisotopic (exact) mass is 304 g/mol. The van der Waals surface area contributed by atoms with E-state index < -0.39 is 18.0 Å². The second-order valence-electron chi connectivity index (χ2n) is 4.57. The van der Waals surface area contributed by atoms with Crippen LogP contribution < -0.4 is 15.0 Å². The summed E-state index contributed by atoms with van der Waals surface area (Å²) in [6.07, 6.45) is -0.128. The number of carbonyl (C=O) groups is 1. The minimum absolute atomic E-state index is 0. The first-order valence-corrected chi connectivity index (χ1v) is 6.05. The predicted molar refractivity (Wildman–Crippen MR) is 76.0 cm³/mol. The number of halogens is 2. The lowest BCUT2D eigenvalue weighted by molar-refractivity contribution is -0.120. The molecule has 1 aromatic rings. The van der Waals surface area contributed by atoms with Gasteiger partial charge in [-0.05, 0) is 18.6 Å². The first kappa shape index (κ1) is 16.7. The fourth-order valence-electron chi connectivity index (χ4n) is 2.13. The maximum absolute atomic E-state index is 13.6. The zero-order chi connectivity index (χ0) is 14.0. The number of likely N-dealkylation sites (N-methyl/N-ethyl adjacent to an activating group) is 1. The number of β-amino-alcohol motifs (C(OH)–C–C–N with tert-alkyl or cyclic N) is 1. The molecule has 7 heteroatoms. The second kappa shape index (κ2) is 6.88. The highest BCUT2D eigenvalue weighted by Crippen LogP contribution is 2.23. The Bertz CT molecular complexity index is 487. The van der Waals surface area contributed by atoms with Crippen LogP contribution in [-0.4, -0.2) is 43.9 Å². The normalized spacial score (nSPS) is 21.2. The van der Waals surface area contributed by atoms with Gasteiger partial charge in [-0.2, -0.15) is 0 Å². The Hall–Kier alpha value is -1.37.